The van der Waals surface area contributed by atoms with Crippen LogP contribution in [0, 0.1) is 11.6 Å². The molecule has 0 radical (unpaired) electrons. The quantitative estimate of drug-likeness (QED) is 0.912. The molecule has 1 aromatic carbocycles. The van der Waals surface area contributed by atoms with Crippen LogP contribution in [0.5, 0.6) is 0 Å². The number of halogens is 2. The van der Waals surface area contributed by atoms with E-state index in [1.54, 1.807) is 0 Å². The molecule has 0 aliphatic heterocycles. The van der Waals surface area contributed by atoms with Crippen molar-refractivity contribution in [3.8, 4) is 11.5 Å². The molecule has 0 saturated carbocycles. The summed E-state index contributed by atoms with van der Waals surface area (Å²) in [6.45, 7) is 3.98. The minimum absolute atomic E-state index is 0.0296. The second kappa shape index (κ2) is 6.06. The minimum atomic E-state index is -0.771. The molecule has 1 aromatic heterocycles. The largest absolute Gasteiger partial charge is 0.377 e. The van der Waals surface area contributed by atoms with Gasteiger partial charge in [-0.25, -0.2) is 8.78 Å². The predicted octanol–water partition coefficient (Wildman–Crippen LogP) is 2.44. The van der Waals surface area contributed by atoms with Gasteiger partial charge in [0, 0.05) is 6.07 Å². The molecule has 0 fully saturated rings. The molecule has 108 valence electrons. The number of nitrogens with zero attached hydrogens (tertiary/aromatic N) is 2. The Balaban J connectivity index is 2.16. The highest BCUT2D eigenvalue weighted by Crippen LogP contribution is 2.22. The lowest BCUT2D eigenvalue weighted by Gasteiger charge is -2.10. The van der Waals surface area contributed by atoms with Crippen molar-refractivity contribution in [3.05, 3.63) is 35.7 Å². The van der Waals surface area contributed by atoms with Crippen LogP contribution in [-0.2, 0) is 4.74 Å². The Hall–Kier alpha value is -1.86. The molecule has 5 nitrogen and oxygen atoms in total. The van der Waals surface area contributed by atoms with Crippen LogP contribution in [0.15, 0.2) is 22.7 Å². The fraction of sp³-hybridized carbons (Fsp3) is 0.385. The summed E-state index contributed by atoms with van der Waals surface area (Å²) in [5, 5.41) is 3.68. The summed E-state index contributed by atoms with van der Waals surface area (Å²) >= 11 is 0. The second-order valence-electron chi connectivity index (χ2n) is 4.57. The Morgan fingerprint density at radius 3 is 2.75 bits per heavy atom. The Morgan fingerprint density at radius 1 is 1.35 bits per heavy atom. The van der Waals surface area contributed by atoms with Crippen LogP contribution in [-0.4, -0.2) is 22.9 Å². The molecule has 0 amide bonds. The zero-order valence-corrected chi connectivity index (χ0v) is 11.1. The van der Waals surface area contributed by atoms with Gasteiger partial charge in [0.1, 0.15) is 11.6 Å². The van der Waals surface area contributed by atoms with E-state index < -0.39 is 17.7 Å². The maximum Gasteiger partial charge on any atom is 0.260 e. The van der Waals surface area contributed by atoms with Gasteiger partial charge in [0.25, 0.3) is 5.89 Å². The Morgan fingerprint density at radius 2 is 2.10 bits per heavy atom. The molecule has 1 heterocycles. The molecule has 7 heteroatoms. The molecule has 1 unspecified atom stereocenters. The standard InChI is InChI=1S/C13H15F2N3O2/c1-7(2)19-6-11(16)12-17-13(20-18-12)9-4-3-8(14)5-10(9)15/h3-5,7,11H,6,16H2,1-2H3. The molecule has 2 rings (SSSR count). The van der Waals surface area contributed by atoms with Crippen LogP contribution in [0.1, 0.15) is 25.7 Å². The molecule has 2 N–H and O–H groups in total. The van der Waals surface area contributed by atoms with Crippen molar-refractivity contribution in [1.82, 2.24) is 10.1 Å². The van der Waals surface area contributed by atoms with Gasteiger partial charge in [0.05, 0.1) is 24.3 Å². The summed E-state index contributed by atoms with van der Waals surface area (Å²) in [5.41, 5.74) is 5.86. The van der Waals surface area contributed by atoms with E-state index in [0.29, 0.717) is 0 Å². The lowest BCUT2D eigenvalue weighted by Crippen LogP contribution is -2.20. The van der Waals surface area contributed by atoms with Crippen LogP contribution >= 0.6 is 0 Å². The number of ether oxygens (including phenoxy) is 1. The van der Waals surface area contributed by atoms with E-state index in [0.717, 1.165) is 12.1 Å². The first-order valence-electron chi connectivity index (χ1n) is 6.13. The lowest BCUT2D eigenvalue weighted by molar-refractivity contribution is 0.0665. The van der Waals surface area contributed by atoms with Crippen molar-refractivity contribution in [2.75, 3.05) is 6.61 Å². The SMILES string of the molecule is CC(C)OCC(N)c1noc(-c2ccc(F)cc2F)n1. The van der Waals surface area contributed by atoms with Gasteiger partial charge >= 0.3 is 0 Å². The van der Waals surface area contributed by atoms with Gasteiger partial charge in [-0.2, -0.15) is 4.98 Å². The molecule has 0 aliphatic carbocycles. The van der Waals surface area contributed by atoms with E-state index >= 15 is 0 Å². The fourth-order valence-electron chi connectivity index (χ4n) is 1.53. The summed E-state index contributed by atoms with van der Waals surface area (Å²) < 4.78 is 36.7. The normalized spacial score (nSPS) is 12.9. The van der Waals surface area contributed by atoms with E-state index in [-0.39, 0.29) is 30.0 Å². The highest BCUT2D eigenvalue weighted by Gasteiger charge is 2.18. The van der Waals surface area contributed by atoms with Crippen molar-refractivity contribution in [2.24, 2.45) is 5.73 Å². The van der Waals surface area contributed by atoms with Crippen molar-refractivity contribution in [3.63, 3.8) is 0 Å². The molecule has 1 atom stereocenters. The smallest absolute Gasteiger partial charge is 0.260 e. The molecule has 0 spiro atoms. The van der Waals surface area contributed by atoms with Crippen molar-refractivity contribution >= 4 is 0 Å². The summed E-state index contributed by atoms with van der Waals surface area (Å²) in [6.07, 6.45) is 0.0296. The number of hydrogen-bond acceptors (Lipinski definition) is 5. The summed E-state index contributed by atoms with van der Waals surface area (Å²) in [5.74, 6) is -1.28. The van der Waals surface area contributed by atoms with Crippen LogP contribution in [0.4, 0.5) is 8.78 Å². The second-order valence-corrected chi connectivity index (χ2v) is 4.57. The van der Waals surface area contributed by atoms with Gasteiger partial charge in [-0.15, -0.1) is 0 Å². The molecular weight excluding hydrogens is 268 g/mol. The third-order valence-electron chi connectivity index (χ3n) is 2.54. The van der Waals surface area contributed by atoms with Gasteiger partial charge < -0.3 is 15.0 Å². The van der Waals surface area contributed by atoms with Gasteiger partial charge in [0.2, 0.25) is 0 Å². The fourth-order valence-corrected chi connectivity index (χ4v) is 1.53. The number of rotatable bonds is 5. The third-order valence-corrected chi connectivity index (χ3v) is 2.54. The summed E-state index contributed by atoms with van der Waals surface area (Å²) in [6, 6.07) is 2.53. The third kappa shape index (κ3) is 3.37. The van der Waals surface area contributed by atoms with Gasteiger partial charge in [-0.1, -0.05) is 5.16 Å². The molecule has 20 heavy (non-hydrogen) atoms. The molecule has 0 aliphatic rings. The van der Waals surface area contributed by atoms with E-state index in [9.17, 15) is 8.78 Å². The molecule has 0 saturated heterocycles. The molecule has 0 bridgehead atoms. The first-order chi connectivity index (χ1) is 9.47. The highest BCUT2D eigenvalue weighted by molar-refractivity contribution is 5.53. The van der Waals surface area contributed by atoms with Crippen LogP contribution in [0.2, 0.25) is 0 Å². The highest BCUT2D eigenvalue weighted by atomic mass is 19.1. The van der Waals surface area contributed by atoms with Crippen LogP contribution in [0.25, 0.3) is 11.5 Å². The van der Waals surface area contributed by atoms with Crippen LogP contribution < -0.4 is 5.73 Å². The molecule has 2 aromatic rings. The Kier molecular flexibility index (Phi) is 4.41. The van der Waals surface area contributed by atoms with Crippen molar-refractivity contribution < 1.29 is 18.0 Å². The van der Waals surface area contributed by atoms with E-state index in [2.05, 4.69) is 10.1 Å². The lowest BCUT2D eigenvalue weighted by atomic mass is 10.2. The number of nitrogens with two attached hydrogens (primary N) is 1. The zero-order chi connectivity index (χ0) is 14.7. The Labute approximate surface area is 114 Å². The monoisotopic (exact) mass is 283 g/mol. The van der Waals surface area contributed by atoms with Crippen molar-refractivity contribution in [2.45, 2.75) is 26.0 Å². The first kappa shape index (κ1) is 14.5. The Bertz CT molecular complexity index is 587. The first-order valence-corrected chi connectivity index (χ1v) is 6.13. The van der Waals surface area contributed by atoms with Gasteiger partial charge in [-0.3, -0.25) is 0 Å². The maximum absolute atomic E-state index is 13.6. The maximum atomic E-state index is 13.6. The average molecular weight is 283 g/mol. The summed E-state index contributed by atoms with van der Waals surface area (Å²) in [4.78, 5) is 4.00. The van der Waals surface area contributed by atoms with Gasteiger partial charge in [0.15, 0.2) is 5.82 Å². The molecular formula is C13H15F2N3O2. The summed E-state index contributed by atoms with van der Waals surface area (Å²) in [7, 11) is 0. The minimum Gasteiger partial charge on any atom is -0.377 e. The predicted molar refractivity (Wildman–Crippen MR) is 67.7 cm³/mol. The topological polar surface area (TPSA) is 74.2 Å². The van der Waals surface area contributed by atoms with E-state index in [1.165, 1.54) is 6.07 Å². The van der Waals surface area contributed by atoms with E-state index in [1.807, 2.05) is 13.8 Å². The average Bonchev–Trinajstić information content (AvgIpc) is 2.85. The number of aromatic nitrogens is 2. The number of hydrogen-bond donors (Lipinski definition) is 1. The van der Waals surface area contributed by atoms with Crippen LogP contribution in [0.3, 0.4) is 0 Å². The van der Waals surface area contributed by atoms with Crippen molar-refractivity contribution in [1.29, 1.82) is 0 Å². The number of benzene rings is 1. The van der Waals surface area contributed by atoms with Gasteiger partial charge in [-0.05, 0) is 26.0 Å². The zero-order valence-electron chi connectivity index (χ0n) is 11.1. The van der Waals surface area contributed by atoms with E-state index in [4.69, 9.17) is 15.0 Å².